The molecule has 0 unspecified atom stereocenters. The first-order chi connectivity index (χ1) is 8.54. The Morgan fingerprint density at radius 3 is 2.50 bits per heavy atom. The summed E-state index contributed by atoms with van der Waals surface area (Å²) in [7, 11) is 0. The standard InChI is InChI=1S/C13H18ClNO3/c1-4-17-13(16)15-5-6-18-11-7-9(2)12(14)10(3)8-11/h7-8H,4-6H2,1-3H3,(H,15,16). The summed E-state index contributed by atoms with van der Waals surface area (Å²) in [4.78, 5) is 11.0. The third kappa shape index (κ3) is 4.45. The number of alkyl carbamates (subject to hydrolysis) is 1. The Morgan fingerprint density at radius 2 is 1.94 bits per heavy atom. The molecule has 1 rings (SSSR count). The SMILES string of the molecule is CCOC(=O)NCCOc1cc(C)c(Cl)c(C)c1. The fourth-order valence-electron chi connectivity index (χ4n) is 1.49. The Balaban J connectivity index is 2.38. The monoisotopic (exact) mass is 271 g/mol. The zero-order valence-electron chi connectivity index (χ0n) is 10.9. The summed E-state index contributed by atoms with van der Waals surface area (Å²) in [6.45, 7) is 6.77. The maximum Gasteiger partial charge on any atom is 0.407 e. The minimum absolute atomic E-state index is 0.363. The Morgan fingerprint density at radius 1 is 1.33 bits per heavy atom. The van der Waals surface area contributed by atoms with Crippen LogP contribution in [-0.2, 0) is 4.74 Å². The van der Waals surface area contributed by atoms with E-state index < -0.39 is 6.09 Å². The predicted molar refractivity (Wildman–Crippen MR) is 71.4 cm³/mol. The van der Waals surface area contributed by atoms with E-state index in [9.17, 15) is 4.79 Å². The number of rotatable bonds is 5. The summed E-state index contributed by atoms with van der Waals surface area (Å²) in [5.41, 5.74) is 1.95. The highest BCUT2D eigenvalue weighted by molar-refractivity contribution is 6.32. The normalized spacial score (nSPS) is 10.0. The first-order valence-corrected chi connectivity index (χ1v) is 6.22. The van der Waals surface area contributed by atoms with Crippen molar-refractivity contribution in [3.05, 3.63) is 28.3 Å². The van der Waals surface area contributed by atoms with Crippen molar-refractivity contribution < 1.29 is 14.3 Å². The Bertz CT molecular complexity index is 398. The summed E-state index contributed by atoms with van der Waals surface area (Å²) < 4.78 is 10.2. The molecule has 0 aliphatic rings. The molecule has 4 nitrogen and oxygen atoms in total. The molecule has 0 aliphatic heterocycles. The van der Waals surface area contributed by atoms with E-state index in [0.717, 1.165) is 21.9 Å². The Hall–Kier alpha value is -1.42. The van der Waals surface area contributed by atoms with E-state index in [1.54, 1.807) is 6.92 Å². The number of hydrogen-bond acceptors (Lipinski definition) is 3. The van der Waals surface area contributed by atoms with Gasteiger partial charge in [-0.2, -0.15) is 0 Å². The van der Waals surface area contributed by atoms with Gasteiger partial charge in [-0.1, -0.05) is 11.6 Å². The molecule has 0 aromatic heterocycles. The van der Waals surface area contributed by atoms with Crippen molar-refractivity contribution in [3.8, 4) is 5.75 Å². The van der Waals surface area contributed by atoms with Crippen LogP contribution >= 0.6 is 11.6 Å². The van der Waals surface area contributed by atoms with Crippen LogP contribution in [0.4, 0.5) is 4.79 Å². The largest absolute Gasteiger partial charge is 0.492 e. The predicted octanol–water partition coefficient (Wildman–Crippen LogP) is 3.08. The summed E-state index contributed by atoms with van der Waals surface area (Å²) >= 11 is 6.06. The third-order valence-electron chi connectivity index (χ3n) is 2.33. The van der Waals surface area contributed by atoms with Gasteiger partial charge < -0.3 is 14.8 Å². The molecule has 0 bridgehead atoms. The second kappa shape index (κ2) is 7.11. The lowest BCUT2D eigenvalue weighted by atomic mass is 10.1. The molecule has 0 saturated carbocycles. The van der Waals surface area contributed by atoms with E-state index in [0.29, 0.717) is 19.8 Å². The van der Waals surface area contributed by atoms with Crippen LogP contribution in [0, 0.1) is 13.8 Å². The van der Waals surface area contributed by atoms with E-state index in [2.05, 4.69) is 5.32 Å². The number of amides is 1. The van der Waals surface area contributed by atoms with Crippen LogP contribution in [0.1, 0.15) is 18.1 Å². The van der Waals surface area contributed by atoms with Crippen molar-refractivity contribution in [1.29, 1.82) is 0 Å². The molecular formula is C13H18ClNO3. The lowest BCUT2D eigenvalue weighted by molar-refractivity contribution is 0.150. The number of carbonyl (C=O) groups is 1. The number of hydrogen-bond donors (Lipinski definition) is 1. The highest BCUT2D eigenvalue weighted by atomic mass is 35.5. The van der Waals surface area contributed by atoms with Gasteiger partial charge in [-0.15, -0.1) is 0 Å². The summed E-state index contributed by atoms with van der Waals surface area (Å²) in [6.07, 6.45) is -0.426. The van der Waals surface area contributed by atoms with E-state index >= 15 is 0 Å². The van der Waals surface area contributed by atoms with Crippen molar-refractivity contribution >= 4 is 17.7 Å². The lowest BCUT2D eigenvalue weighted by Crippen LogP contribution is -2.28. The van der Waals surface area contributed by atoms with Crippen molar-refractivity contribution in [2.45, 2.75) is 20.8 Å². The molecule has 1 aromatic rings. The topological polar surface area (TPSA) is 47.6 Å². The first kappa shape index (κ1) is 14.6. The van der Waals surface area contributed by atoms with Gasteiger partial charge in [0.2, 0.25) is 0 Å². The molecule has 18 heavy (non-hydrogen) atoms. The fourth-order valence-corrected chi connectivity index (χ4v) is 1.60. The number of benzene rings is 1. The fraction of sp³-hybridized carbons (Fsp3) is 0.462. The second-order valence-electron chi connectivity index (χ2n) is 3.87. The highest BCUT2D eigenvalue weighted by Gasteiger charge is 2.04. The zero-order chi connectivity index (χ0) is 13.5. The third-order valence-corrected chi connectivity index (χ3v) is 2.92. The average molecular weight is 272 g/mol. The van der Waals surface area contributed by atoms with Crippen LogP contribution in [0.2, 0.25) is 5.02 Å². The molecule has 1 amide bonds. The van der Waals surface area contributed by atoms with E-state index in [1.165, 1.54) is 0 Å². The first-order valence-electron chi connectivity index (χ1n) is 5.84. The molecular weight excluding hydrogens is 254 g/mol. The van der Waals surface area contributed by atoms with Gasteiger partial charge in [0.1, 0.15) is 12.4 Å². The van der Waals surface area contributed by atoms with Gasteiger partial charge >= 0.3 is 6.09 Å². The molecule has 0 fully saturated rings. The number of aryl methyl sites for hydroxylation is 2. The zero-order valence-corrected chi connectivity index (χ0v) is 11.6. The minimum atomic E-state index is -0.426. The van der Waals surface area contributed by atoms with Gasteiger partial charge in [0.25, 0.3) is 0 Å². The number of nitrogens with one attached hydrogen (secondary N) is 1. The second-order valence-corrected chi connectivity index (χ2v) is 4.24. The maximum atomic E-state index is 11.0. The van der Waals surface area contributed by atoms with Crippen LogP contribution < -0.4 is 10.1 Å². The molecule has 5 heteroatoms. The summed E-state index contributed by atoms with van der Waals surface area (Å²) in [5, 5.41) is 3.34. The van der Waals surface area contributed by atoms with E-state index in [4.69, 9.17) is 21.1 Å². The van der Waals surface area contributed by atoms with Crippen molar-refractivity contribution in [3.63, 3.8) is 0 Å². The molecule has 0 saturated heterocycles. The van der Waals surface area contributed by atoms with Crippen molar-refractivity contribution in [1.82, 2.24) is 5.32 Å². The van der Waals surface area contributed by atoms with E-state index in [-0.39, 0.29) is 0 Å². The molecule has 0 heterocycles. The highest BCUT2D eigenvalue weighted by Crippen LogP contribution is 2.25. The average Bonchev–Trinajstić information content (AvgIpc) is 2.32. The van der Waals surface area contributed by atoms with Gasteiger partial charge in [-0.3, -0.25) is 0 Å². The van der Waals surface area contributed by atoms with Crippen molar-refractivity contribution in [2.24, 2.45) is 0 Å². The van der Waals surface area contributed by atoms with Gasteiger partial charge in [-0.05, 0) is 44.0 Å². The van der Waals surface area contributed by atoms with Crippen LogP contribution in [-0.4, -0.2) is 25.9 Å². The number of ether oxygens (including phenoxy) is 2. The molecule has 0 aliphatic carbocycles. The van der Waals surface area contributed by atoms with Crippen LogP contribution in [0.15, 0.2) is 12.1 Å². The maximum absolute atomic E-state index is 11.0. The minimum Gasteiger partial charge on any atom is -0.492 e. The summed E-state index contributed by atoms with van der Waals surface area (Å²) in [6, 6.07) is 3.75. The Labute approximate surface area is 112 Å². The Kier molecular flexibility index (Phi) is 5.78. The van der Waals surface area contributed by atoms with Crippen LogP contribution in [0.25, 0.3) is 0 Å². The quantitative estimate of drug-likeness (QED) is 0.837. The molecule has 0 atom stereocenters. The van der Waals surface area contributed by atoms with Gasteiger partial charge in [0, 0.05) is 5.02 Å². The molecule has 0 spiro atoms. The van der Waals surface area contributed by atoms with Gasteiger partial charge in [0.15, 0.2) is 0 Å². The van der Waals surface area contributed by atoms with Crippen LogP contribution in [0.5, 0.6) is 5.75 Å². The molecule has 100 valence electrons. The van der Waals surface area contributed by atoms with E-state index in [1.807, 2.05) is 26.0 Å². The van der Waals surface area contributed by atoms with Crippen LogP contribution in [0.3, 0.4) is 0 Å². The number of carbonyl (C=O) groups excluding carboxylic acids is 1. The lowest BCUT2D eigenvalue weighted by Gasteiger charge is -2.10. The molecule has 1 aromatic carbocycles. The number of halogens is 1. The molecule has 1 N–H and O–H groups in total. The smallest absolute Gasteiger partial charge is 0.407 e. The van der Waals surface area contributed by atoms with Gasteiger partial charge in [0.05, 0.1) is 13.2 Å². The summed E-state index contributed by atoms with van der Waals surface area (Å²) in [5.74, 6) is 0.750. The van der Waals surface area contributed by atoms with Crippen molar-refractivity contribution in [2.75, 3.05) is 19.8 Å². The van der Waals surface area contributed by atoms with Gasteiger partial charge in [-0.25, -0.2) is 4.79 Å². The molecule has 0 radical (unpaired) electrons.